The molecule has 74 valence electrons. The van der Waals surface area contributed by atoms with Crippen molar-refractivity contribution in [3.05, 3.63) is 0 Å². The molecule has 0 radical (unpaired) electrons. The molecular formula is C10H23NS. The first-order valence-electron chi connectivity index (χ1n) is 4.89. The van der Waals surface area contributed by atoms with E-state index < -0.39 is 0 Å². The average molecular weight is 189 g/mol. The summed E-state index contributed by atoms with van der Waals surface area (Å²) in [6.45, 7) is 10.0. The number of thioether (sulfide) groups is 1. The highest BCUT2D eigenvalue weighted by atomic mass is 32.2. The number of hydrogen-bond donors (Lipinski definition) is 1. The van der Waals surface area contributed by atoms with E-state index in [1.54, 1.807) is 0 Å². The van der Waals surface area contributed by atoms with Gasteiger partial charge in [-0.15, -0.1) is 0 Å². The first-order valence-corrected chi connectivity index (χ1v) is 6.04. The summed E-state index contributed by atoms with van der Waals surface area (Å²) in [6.07, 6.45) is 2.66. The zero-order chi connectivity index (χ0) is 9.45. The van der Waals surface area contributed by atoms with Crippen LogP contribution in [-0.2, 0) is 0 Å². The second-order valence-corrected chi connectivity index (χ2v) is 5.47. The summed E-state index contributed by atoms with van der Waals surface area (Å²) in [5.74, 6) is 2.58. The Kier molecular flexibility index (Phi) is 6.96. The molecular weight excluding hydrogens is 166 g/mol. The average Bonchev–Trinajstić information content (AvgIpc) is 1.94. The van der Waals surface area contributed by atoms with Crippen molar-refractivity contribution in [1.82, 2.24) is 5.32 Å². The van der Waals surface area contributed by atoms with Gasteiger partial charge in [0.1, 0.15) is 0 Å². The molecule has 1 nitrogen and oxygen atoms in total. The molecule has 0 heterocycles. The van der Waals surface area contributed by atoms with Crippen LogP contribution < -0.4 is 5.32 Å². The molecule has 0 spiro atoms. The third-order valence-electron chi connectivity index (χ3n) is 1.57. The van der Waals surface area contributed by atoms with Gasteiger partial charge in [0.25, 0.3) is 0 Å². The van der Waals surface area contributed by atoms with Gasteiger partial charge in [-0.05, 0) is 51.7 Å². The van der Waals surface area contributed by atoms with E-state index in [4.69, 9.17) is 0 Å². The fraction of sp³-hybridized carbons (Fsp3) is 1.00. The zero-order valence-corrected chi connectivity index (χ0v) is 9.76. The van der Waals surface area contributed by atoms with E-state index in [9.17, 15) is 0 Å². The summed E-state index contributed by atoms with van der Waals surface area (Å²) in [7, 11) is 0. The molecule has 0 aromatic rings. The smallest absolute Gasteiger partial charge is 0.00965 e. The van der Waals surface area contributed by atoms with Crippen LogP contribution in [0, 0.1) is 0 Å². The molecule has 0 saturated heterocycles. The van der Waals surface area contributed by atoms with Gasteiger partial charge in [0.15, 0.2) is 0 Å². The summed E-state index contributed by atoms with van der Waals surface area (Å²) in [4.78, 5) is 0. The molecule has 0 aromatic heterocycles. The number of unbranched alkanes of at least 4 members (excludes halogenated alkanes) is 1. The molecule has 0 rings (SSSR count). The van der Waals surface area contributed by atoms with E-state index in [1.165, 1.54) is 24.3 Å². The lowest BCUT2D eigenvalue weighted by Gasteiger charge is -2.20. The molecule has 1 N–H and O–H groups in total. The molecule has 2 heteroatoms. The van der Waals surface area contributed by atoms with Gasteiger partial charge in [0, 0.05) is 5.54 Å². The predicted molar refractivity (Wildman–Crippen MR) is 60.0 cm³/mol. The summed E-state index contributed by atoms with van der Waals surface area (Å²) >= 11 is 2.04. The summed E-state index contributed by atoms with van der Waals surface area (Å²) in [5, 5.41) is 3.49. The Balaban J connectivity index is 3.01. The number of hydrogen-bond acceptors (Lipinski definition) is 2. The Hall–Kier alpha value is 0.310. The Bertz CT molecular complexity index is 96.5. The van der Waals surface area contributed by atoms with E-state index in [0.29, 0.717) is 0 Å². The lowest BCUT2D eigenvalue weighted by atomic mass is 10.1. The van der Waals surface area contributed by atoms with Crippen molar-refractivity contribution in [3.8, 4) is 0 Å². The Morgan fingerprint density at radius 1 is 1.17 bits per heavy atom. The van der Waals surface area contributed by atoms with Gasteiger partial charge in [-0.25, -0.2) is 0 Å². The standard InChI is InChI=1S/C10H23NS/c1-5-12-9-7-6-8-11-10(2,3)4/h11H,5-9H2,1-4H3. The van der Waals surface area contributed by atoms with Crippen LogP contribution in [0.3, 0.4) is 0 Å². The molecule has 0 saturated carbocycles. The second kappa shape index (κ2) is 6.79. The van der Waals surface area contributed by atoms with Crippen molar-refractivity contribution in [2.24, 2.45) is 0 Å². The Morgan fingerprint density at radius 2 is 1.83 bits per heavy atom. The zero-order valence-electron chi connectivity index (χ0n) is 8.94. The van der Waals surface area contributed by atoms with Crippen molar-refractivity contribution in [1.29, 1.82) is 0 Å². The Labute approximate surface area is 81.7 Å². The predicted octanol–water partition coefficient (Wildman–Crippen LogP) is 2.91. The van der Waals surface area contributed by atoms with Gasteiger partial charge in [0.2, 0.25) is 0 Å². The Morgan fingerprint density at radius 3 is 2.33 bits per heavy atom. The first-order chi connectivity index (χ1) is 5.56. The van der Waals surface area contributed by atoms with E-state index >= 15 is 0 Å². The fourth-order valence-electron chi connectivity index (χ4n) is 0.937. The van der Waals surface area contributed by atoms with Crippen LogP contribution in [-0.4, -0.2) is 23.6 Å². The van der Waals surface area contributed by atoms with Gasteiger partial charge in [-0.2, -0.15) is 11.8 Å². The third-order valence-corrected chi connectivity index (χ3v) is 2.56. The molecule has 0 aliphatic rings. The first kappa shape index (κ1) is 12.3. The van der Waals surface area contributed by atoms with Crippen molar-refractivity contribution < 1.29 is 0 Å². The molecule has 0 aliphatic heterocycles. The third kappa shape index (κ3) is 10.3. The molecule has 0 fully saturated rings. The summed E-state index contributed by atoms with van der Waals surface area (Å²) in [6, 6.07) is 0. The molecule has 0 unspecified atom stereocenters. The lowest BCUT2D eigenvalue weighted by molar-refractivity contribution is 0.421. The van der Waals surface area contributed by atoms with Crippen LogP contribution >= 0.6 is 11.8 Å². The minimum atomic E-state index is 0.290. The van der Waals surface area contributed by atoms with Gasteiger partial charge in [0.05, 0.1) is 0 Å². The molecule has 0 amide bonds. The van der Waals surface area contributed by atoms with Gasteiger partial charge < -0.3 is 5.32 Å². The molecule has 12 heavy (non-hydrogen) atoms. The van der Waals surface area contributed by atoms with E-state index in [-0.39, 0.29) is 5.54 Å². The quantitative estimate of drug-likeness (QED) is 0.645. The highest BCUT2D eigenvalue weighted by Gasteiger charge is 2.06. The largest absolute Gasteiger partial charge is 0.312 e. The van der Waals surface area contributed by atoms with E-state index in [0.717, 1.165) is 6.54 Å². The van der Waals surface area contributed by atoms with Crippen LogP contribution in [0.2, 0.25) is 0 Å². The fourth-order valence-corrected chi connectivity index (χ4v) is 1.63. The maximum absolute atomic E-state index is 3.49. The van der Waals surface area contributed by atoms with Crippen molar-refractivity contribution >= 4 is 11.8 Å². The molecule has 0 bridgehead atoms. The van der Waals surface area contributed by atoms with Crippen molar-refractivity contribution in [2.75, 3.05) is 18.1 Å². The normalized spacial score (nSPS) is 12.0. The molecule has 0 atom stereocenters. The highest BCUT2D eigenvalue weighted by Crippen LogP contribution is 2.04. The van der Waals surface area contributed by atoms with Crippen LogP contribution in [0.1, 0.15) is 40.5 Å². The minimum Gasteiger partial charge on any atom is -0.312 e. The van der Waals surface area contributed by atoms with Gasteiger partial charge in [-0.3, -0.25) is 0 Å². The highest BCUT2D eigenvalue weighted by molar-refractivity contribution is 7.99. The summed E-state index contributed by atoms with van der Waals surface area (Å²) in [5.41, 5.74) is 0.290. The maximum atomic E-state index is 3.49. The molecule has 0 aliphatic carbocycles. The number of rotatable bonds is 6. The SMILES string of the molecule is CCSCCCCNC(C)(C)C. The van der Waals surface area contributed by atoms with E-state index in [2.05, 4.69) is 33.0 Å². The van der Waals surface area contributed by atoms with Crippen molar-refractivity contribution in [2.45, 2.75) is 46.1 Å². The maximum Gasteiger partial charge on any atom is 0.00965 e. The van der Waals surface area contributed by atoms with Crippen LogP contribution in [0.25, 0.3) is 0 Å². The number of nitrogens with one attached hydrogen (secondary N) is 1. The van der Waals surface area contributed by atoms with Gasteiger partial charge >= 0.3 is 0 Å². The molecule has 0 aromatic carbocycles. The second-order valence-electron chi connectivity index (χ2n) is 4.08. The monoisotopic (exact) mass is 189 g/mol. The lowest BCUT2D eigenvalue weighted by Crippen LogP contribution is -2.36. The van der Waals surface area contributed by atoms with Crippen LogP contribution in [0.5, 0.6) is 0 Å². The van der Waals surface area contributed by atoms with Crippen molar-refractivity contribution in [3.63, 3.8) is 0 Å². The topological polar surface area (TPSA) is 12.0 Å². The summed E-state index contributed by atoms with van der Waals surface area (Å²) < 4.78 is 0. The minimum absolute atomic E-state index is 0.290. The van der Waals surface area contributed by atoms with Crippen LogP contribution in [0.15, 0.2) is 0 Å². The van der Waals surface area contributed by atoms with Gasteiger partial charge in [-0.1, -0.05) is 6.92 Å². The van der Waals surface area contributed by atoms with Crippen LogP contribution in [0.4, 0.5) is 0 Å². The van der Waals surface area contributed by atoms with E-state index in [1.807, 2.05) is 11.8 Å².